The molecule has 2 aromatic heterocycles. The Labute approximate surface area is 189 Å². The van der Waals surface area contributed by atoms with Gasteiger partial charge in [0.25, 0.3) is 5.91 Å². The highest BCUT2D eigenvalue weighted by molar-refractivity contribution is 9.10. The van der Waals surface area contributed by atoms with Crippen molar-refractivity contribution in [3.8, 4) is 0 Å². The molecule has 2 N–H and O–H groups in total. The van der Waals surface area contributed by atoms with E-state index in [0.717, 1.165) is 18.2 Å². The second kappa shape index (κ2) is 8.10. The molecule has 0 fully saturated rings. The Hall–Kier alpha value is -2.54. The first kappa shape index (κ1) is 22.6. The molecule has 0 saturated heterocycles. The predicted molar refractivity (Wildman–Crippen MR) is 110 cm³/mol. The van der Waals surface area contributed by atoms with Crippen LogP contribution in [0.5, 0.6) is 0 Å². The van der Waals surface area contributed by atoms with Gasteiger partial charge in [0.15, 0.2) is 11.7 Å². The van der Waals surface area contributed by atoms with Gasteiger partial charge in [-0.05, 0) is 45.6 Å². The van der Waals surface area contributed by atoms with Crippen LogP contribution in [-0.2, 0) is 6.18 Å². The average molecular weight is 539 g/mol. The molecule has 1 aliphatic heterocycles. The fraction of sp³-hybridized carbons (Fsp3) is 0.263. The zero-order chi connectivity index (χ0) is 23.3. The normalized spacial score (nSPS) is 18.7. The number of thiophene rings is 1. The number of hydrogen-bond donors (Lipinski definition) is 2. The van der Waals surface area contributed by atoms with E-state index < -0.39 is 35.9 Å². The first-order chi connectivity index (χ1) is 14.9. The summed E-state index contributed by atoms with van der Waals surface area (Å²) in [5, 5.41) is 10.8. The molecule has 0 aliphatic carbocycles. The summed E-state index contributed by atoms with van der Waals surface area (Å²) >= 11 is 4.43. The van der Waals surface area contributed by atoms with E-state index in [4.69, 9.17) is 0 Å². The van der Waals surface area contributed by atoms with Crippen LogP contribution in [0.15, 0.2) is 46.3 Å². The molecule has 13 heteroatoms. The zero-order valence-corrected chi connectivity index (χ0v) is 18.2. The summed E-state index contributed by atoms with van der Waals surface area (Å²) in [5.41, 5.74) is -1.53. The lowest BCUT2D eigenvalue weighted by Crippen LogP contribution is -2.35. The fourth-order valence-corrected chi connectivity index (χ4v) is 4.72. The Morgan fingerprint density at radius 2 is 1.94 bits per heavy atom. The van der Waals surface area contributed by atoms with E-state index >= 15 is 0 Å². The molecule has 0 unspecified atom stereocenters. The van der Waals surface area contributed by atoms with Crippen LogP contribution < -0.4 is 10.6 Å². The van der Waals surface area contributed by atoms with Crippen LogP contribution in [0.4, 0.5) is 37.8 Å². The third kappa shape index (κ3) is 4.35. The van der Waals surface area contributed by atoms with Crippen molar-refractivity contribution in [1.82, 2.24) is 9.78 Å². The number of carbonyl (C=O) groups is 1. The molecule has 3 aromatic rings. The lowest BCUT2D eigenvalue weighted by Gasteiger charge is -2.33. The molecule has 0 spiro atoms. The van der Waals surface area contributed by atoms with E-state index in [9.17, 15) is 31.1 Å². The molecule has 2 atom stereocenters. The van der Waals surface area contributed by atoms with Gasteiger partial charge in [0.2, 0.25) is 0 Å². The van der Waals surface area contributed by atoms with Crippen LogP contribution in [0.3, 0.4) is 0 Å². The number of nitrogens with zero attached hydrogens (tertiary/aromatic N) is 2. The molecule has 0 saturated carbocycles. The van der Waals surface area contributed by atoms with Gasteiger partial charge in [-0.2, -0.15) is 31.4 Å². The SMILES string of the molecule is O=C(Nc1cccc(C(F)(F)F)c1)c1nn2c(c1Br)N[C@@H](c1cccs1)C[C@@H]2C(F)(F)F. The van der Waals surface area contributed by atoms with Crippen molar-refractivity contribution < 1.29 is 31.1 Å². The van der Waals surface area contributed by atoms with Crippen LogP contribution >= 0.6 is 27.3 Å². The Morgan fingerprint density at radius 1 is 1.19 bits per heavy atom. The predicted octanol–water partition coefficient (Wildman–Crippen LogP) is 6.64. The summed E-state index contributed by atoms with van der Waals surface area (Å²) in [6.07, 6.45) is -9.58. The fourth-order valence-electron chi connectivity index (χ4n) is 3.37. The van der Waals surface area contributed by atoms with Crippen LogP contribution in [0.1, 0.15) is 39.4 Å². The minimum Gasteiger partial charge on any atom is -0.362 e. The number of carbonyl (C=O) groups excluding carboxylic acids is 1. The lowest BCUT2D eigenvalue weighted by molar-refractivity contribution is -0.173. The summed E-state index contributed by atoms with van der Waals surface area (Å²) in [4.78, 5) is 13.4. The van der Waals surface area contributed by atoms with Gasteiger partial charge in [0.05, 0.1) is 16.1 Å². The van der Waals surface area contributed by atoms with Crippen molar-refractivity contribution in [3.63, 3.8) is 0 Å². The third-order valence-electron chi connectivity index (χ3n) is 4.85. The van der Waals surface area contributed by atoms with E-state index in [1.807, 2.05) is 0 Å². The Bertz CT molecular complexity index is 1140. The van der Waals surface area contributed by atoms with Crippen molar-refractivity contribution in [3.05, 3.63) is 62.4 Å². The topological polar surface area (TPSA) is 59.0 Å². The first-order valence-electron chi connectivity index (χ1n) is 9.08. The van der Waals surface area contributed by atoms with Gasteiger partial charge in [-0.1, -0.05) is 12.1 Å². The molecule has 1 aromatic carbocycles. The quantitative estimate of drug-likeness (QED) is 0.367. The minimum atomic E-state index is -4.63. The lowest BCUT2D eigenvalue weighted by atomic mass is 10.0. The molecule has 5 nitrogen and oxygen atoms in total. The number of fused-ring (bicyclic) bond motifs is 1. The Balaban J connectivity index is 1.67. The smallest absolute Gasteiger partial charge is 0.362 e. The van der Waals surface area contributed by atoms with Crippen LogP contribution in [0.25, 0.3) is 0 Å². The summed E-state index contributed by atoms with van der Waals surface area (Å²) in [5.74, 6) is -0.986. The van der Waals surface area contributed by atoms with Crippen molar-refractivity contribution in [2.45, 2.75) is 30.9 Å². The summed E-state index contributed by atoms with van der Waals surface area (Å²) in [6, 6.07) is 4.70. The molecule has 32 heavy (non-hydrogen) atoms. The summed E-state index contributed by atoms with van der Waals surface area (Å²) < 4.78 is 80.7. The first-order valence-corrected chi connectivity index (χ1v) is 10.8. The second-order valence-corrected chi connectivity index (χ2v) is 8.77. The van der Waals surface area contributed by atoms with E-state index in [0.29, 0.717) is 9.56 Å². The number of rotatable bonds is 3. The highest BCUT2D eigenvalue weighted by Gasteiger charge is 2.48. The largest absolute Gasteiger partial charge is 0.416 e. The van der Waals surface area contributed by atoms with Crippen molar-refractivity contribution in [1.29, 1.82) is 0 Å². The maximum atomic E-state index is 13.8. The highest BCUT2D eigenvalue weighted by atomic mass is 79.9. The van der Waals surface area contributed by atoms with Gasteiger partial charge in [0.1, 0.15) is 5.82 Å². The van der Waals surface area contributed by atoms with E-state index in [1.54, 1.807) is 17.5 Å². The van der Waals surface area contributed by atoms with Gasteiger partial charge in [0, 0.05) is 17.0 Å². The molecule has 4 rings (SSSR count). The minimum absolute atomic E-state index is 0.0162. The summed E-state index contributed by atoms with van der Waals surface area (Å²) in [7, 11) is 0. The van der Waals surface area contributed by atoms with Crippen molar-refractivity contribution in [2.24, 2.45) is 0 Å². The monoisotopic (exact) mass is 538 g/mol. The van der Waals surface area contributed by atoms with Gasteiger partial charge in [-0.3, -0.25) is 4.79 Å². The number of amides is 1. The molecule has 3 heterocycles. The van der Waals surface area contributed by atoms with Crippen LogP contribution in [-0.4, -0.2) is 21.9 Å². The molecule has 0 radical (unpaired) electrons. The van der Waals surface area contributed by atoms with Crippen LogP contribution in [0.2, 0.25) is 0 Å². The number of anilines is 2. The Kier molecular flexibility index (Phi) is 5.74. The number of benzene rings is 1. The molecular formula is C19H13BrF6N4OS. The zero-order valence-electron chi connectivity index (χ0n) is 15.8. The third-order valence-corrected chi connectivity index (χ3v) is 6.58. The number of nitrogens with one attached hydrogen (secondary N) is 2. The maximum Gasteiger partial charge on any atom is 0.416 e. The number of hydrogen-bond acceptors (Lipinski definition) is 4. The van der Waals surface area contributed by atoms with Gasteiger partial charge < -0.3 is 10.6 Å². The van der Waals surface area contributed by atoms with E-state index in [1.165, 1.54) is 17.4 Å². The van der Waals surface area contributed by atoms with E-state index in [2.05, 4.69) is 31.7 Å². The number of aromatic nitrogens is 2. The standard InChI is InChI=1S/C19H13BrF6N4OS/c20-14-15(17(31)27-10-4-1-3-9(7-10)18(21,22)23)29-30-13(19(24,25)26)8-11(28-16(14)30)12-5-2-6-32-12/h1-7,11,13,28H,8H2,(H,27,31)/t11-,13-/m1/s1. The second-order valence-electron chi connectivity index (χ2n) is 6.99. The van der Waals surface area contributed by atoms with Crippen molar-refractivity contribution >= 4 is 44.7 Å². The molecule has 1 aliphatic rings. The van der Waals surface area contributed by atoms with Gasteiger partial charge in [-0.15, -0.1) is 11.3 Å². The van der Waals surface area contributed by atoms with E-state index in [-0.39, 0.29) is 28.1 Å². The van der Waals surface area contributed by atoms with Gasteiger partial charge >= 0.3 is 12.4 Å². The molecule has 0 bridgehead atoms. The van der Waals surface area contributed by atoms with Crippen molar-refractivity contribution in [2.75, 3.05) is 10.6 Å². The van der Waals surface area contributed by atoms with Crippen LogP contribution in [0, 0.1) is 0 Å². The summed E-state index contributed by atoms with van der Waals surface area (Å²) in [6.45, 7) is 0. The molecular weight excluding hydrogens is 526 g/mol. The average Bonchev–Trinajstić information content (AvgIpc) is 3.35. The van der Waals surface area contributed by atoms with Gasteiger partial charge in [-0.25, -0.2) is 4.68 Å². The number of halogens is 7. The maximum absolute atomic E-state index is 13.8. The molecule has 170 valence electrons. The molecule has 1 amide bonds. The highest BCUT2D eigenvalue weighted by Crippen LogP contribution is 2.47. The Morgan fingerprint density at radius 3 is 2.56 bits per heavy atom. The number of alkyl halides is 6.